The molecule has 0 aromatic heterocycles. The van der Waals surface area contributed by atoms with Crippen molar-refractivity contribution in [2.75, 3.05) is 6.61 Å². The van der Waals surface area contributed by atoms with Gasteiger partial charge in [0.25, 0.3) is 0 Å². The molecule has 2 aromatic rings. The highest BCUT2D eigenvalue weighted by atomic mass is 16.6. The van der Waals surface area contributed by atoms with Gasteiger partial charge in [-0.15, -0.1) is 6.58 Å². The molecule has 0 spiro atoms. The number of hydrogen-bond acceptors (Lipinski definition) is 3. The third-order valence-electron chi connectivity index (χ3n) is 5.55. The Bertz CT molecular complexity index is 779. The largest absolute Gasteiger partial charge is 0.447 e. The number of carbonyl (C=O) groups is 2. The normalized spacial score (nSPS) is 17.2. The van der Waals surface area contributed by atoms with E-state index in [1.54, 1.807) is 6.08 Å². The van der Waals surface area contributed by atoms with Gasteiger partial charge in [0.05, 0.1) is 6.04 Å². The van der Waals surface area contributed by atoms with Crippen LogP contribution in [0.4, 0.5) is 4.79 Å². The first-order valence-electron chi connectivity index (χ1n) is 10.4. The van der Waals surface area contributed by atoms with Crippen LogP contribution in [-0.4, -0.2) is 29.5 Å². The number of cyclic esters (lactones) is 1. The van der Waals surface area contributed by atoms with Crippen molar-refractivity contribution in [3.05, 3.63) is 84.4 Å². The van der Waals surface area contributed by atoms with Gasteiger partial charge < -0.3 is 4.74 Å². The summed E-state index contributed by atoms with van der Waals surface area (Å²) in [5.74, 6) is -0.529. The summed E-state index contributed by atoms with van der Waals surface area (Å²) >= 11 is 0. The van der Waals surface area contributed by atoms with E-state index in [9.17, 15) is 9.59 Å². The van der Waals surface area contributed by atoms with E-state index in [1.807, 2.05) is 60.7 Å². The van der Waals surface area contributed by atoms with Crippen molar-refractivity contribution in [1.82, 2.24) is 4.90 Å². The number of imide groups is 1. The lowest BCUT2D eigenvalue weighted by Gasteiger charge is -2.30. The summed E-state index contributed by atoms with van der Waals surface area (Å²) in [7, 11) is 0. The minimum Gasteiger partial charge on any atom is -0.447 e. The van der Waals surface area contributed by atoms with Gasteiger partial charge >= 0.3 is 6.09 Å². The molecule has 0 bridgehead atoms. The SMILES string of the molecule is C=CC[C@H](CCCC)C(=O)N1C(=O)OC[C@H]1C(c1ccccc1)c1ccccc1. The topological polar surface area (TPSA) is 46.6 Å². The molecule has 0 radical (unpaired) electrons. The molecule has 152 valence electrons. The standard InChI is InChI=1S/C25H29NO3/c1-3-5-13-21(12-4-2)24(27)26-22(18-29-25(26)28)23(19-14-8-6-9-15-19)20-16-10-7-11-17-20/h4,6-11,14-17,21-23H,2-3,5,12-13,18H2,1H3/t21-,22+/m1/s1. The third kappa shape index (κ3) is 4.76. The molecular weight excluding hydrogens is 362 g/mol. The number of rotatable bonds is 9. The highest BCUT2D eigenvalue weighted by Crippen LogP contribution is 2.35. The third-order valence-corrected chi connectivity index (χ3v) is 5.55. The number of benzene rings is 2. The molecule has 0 saturated carbocycles. The Kier molecular flexibility index (Phi) is 7.23. The van der Waals surface area contributed by atoms with Crippen LogP contribution in [0.5, 0.6) is 0 Å². The lowest BCUT2D eigenvalue weighted by Crippen LogP contribution is -2.45. The Morgan fingerprint density at radius 2 is 1.72 bits per heavy atom. The maximum Gasteiger partial charge on any atom is 0.417 e. The molecule has 4 heteroatoms. The first-order chi connectivity index (χ1) is 14.2. The van der Waals surface area contributed by atoms with E-state index in [4.69, 9.17) is 4.74 Å². The first kappa shape index (κ1) is 20.8. The lowest BCUT2D eigenvalue weighted by molar-refractivity contribution is -0.133. The van der Waals surface area contributed by atoms with Crippen LogP contribution in [0.15, 0.2) is 73.3 Å². The Morgan fingerprint density at radius 1 is 1.14 bits per heavy atom. The summed E-state index contributed by atoms with van der Waals surface area (Å²) in [6.45, 7) is 6.10. The van der Waals surface area contributed by atoms with E-state index < -0.39 is 6.09 Å². The molecule has 0 unspecified atom stereocenters. The van der Waals surface area contributed by atoms with E-state index in [-0.39, 0.29) is 30.4 Å². The highest BCUT2D eigenvalue weighted by Gasteiger charge is 2.44. The molecule has 4 nitrogen and oxygen atoms in total. The Morgan fingerprint density at radius 3 is 2.24 bits per heavy atom. The van der Waals surface area contributed by atoms with Gasteiger partial charge in [-0.3, -0.25) is 4.79 Å². The first-order valence-corrected chi connectivity index (χ1v) is 10.4. The Labute approximate surface area is 173 Å². The van der Waals surface area contributed by atoms with Crippen molar-refractivity contribution in [2.45, 2.75) is 44.6 Å². The van der Waals surface area contributed by atoms with Gasteiger partial charge in [0.2, 0.25) is 5.91 Å². The molecule has 3 rings (SSSR count). The van der Waals surface area contributed by atoms with E-state index in [1.165, 1.54) is 4.90 Å². The molecule has 2 atom stereocenters. The minimum absolute atomic E-state index is 0.136. The number of carbonyl (C=O) groups excluding carboxylic acids is 2. The maximum absolute atomic E-state index is 13.4. The second kappa shape index (κ2) is 10.1. The molecule has 1 heterocycles. The number of amides is 2. The quantitative estimate of drug-likeness (QED) is 0.527. The van der Waals surface area contributed by atoms with Crippen LogP contribution < -0.4 is 0 Å². The summed E-state index contributed by atoms with van der Waals surface area (Å²) < 4.78 is 5.40. The number of hydrogen-bond donors (Lipinski definition) is 0. The second-order valence-corrected chi connectivity index (χ2v) is 7.52. The van der Waals surface area contributed by atoms with Crippen LogP contribution in [0.25, 0.3) is 0 Å². The average Bonchev–Trinajstić information content (AvgIpc) is 3.13. The molecule has 2 amide bonds. The highest BCUT2D eigenvalue weighted by molar-refractivity contribution is 5.95. The Hall–Kier alpha value is -2.88. The fraction of sp³-hybridized carbons (Fsp3) is 0.360. The fourth-order valence-electron chi connectivity index (χ4n) is 4.08. The van der Waals surface area contributed by atoms with Crippen molar-refractivity contribution in [3.63, 3.8) is 0 Å². The van der Waals surface area contributed by atoms with Gasteiger partial charge in [-0.25, -0.2) is 9.69 Å². The molecule has 0 N–H and O–H groups in total. The average molecular weight is 392 g/mol. The van der Waals surface area contributed by atoms with E-state index in [0.29, 0.717) is 6.42 Å². The van der Waals surface area contributed by atoms with E-state index >= 15 is 0 Å². The number of nitrogens with zero attached hydrogens (tertiary/aromatic N) is 1. The van der Waals surface area contributed by atoms with Gasteiger partial charge in [0.15, 0.2) is 0 Å². The van der Waals surface area contributed by atoms with Gasteiger partial charge in [-0.2, -0.15) is 0 Å². The monoisotopic (exact) mass is 391 g/mol. The number of allylic oxidation sites excluding steroid dienone is 1. The number of unbranched alkanes of at least 4 members (excludes halogenated alkanes) is 1. The van der Waals surface area contributed by atoms with Gasteiger partial charge in [-0.1, -0.05) is 86.5 Å². The van der Waals surface area contributed by atoms with Gasteiger partial charge in [0, 0.05) is 11.8 Å². The Balaban J connectivity index is 1.97. The molecule has 0 aliphatic carbocycles. The van der Waals surface area contributed by atoms with Crippen LogP contribution in [0, 0.1) is 5.92 Å². The molecule has 1 aliphatic rings. The van der Waals surface area contributed by atoms with Gasteiger partial charge in [0.1, 0.15) is 6.61 Å². The van der Waals surface area contributed by atoms with Crippen molar-refractivity contribution in [3.8, 4) is 0 Å². The summed E-state index contributed by atoms with van der Waals surface area (Å²) in [6.07, 6.45) is 4.49. The van der Waals surface area contributed by atoms with Crippen molar-refractivity contribution >= 4 is 12.0 Å². The van der Waals surface area contributed by atoms with Crippen molar-refractivity contribution in [1.29, 1.82) is 0 Å². The fourth-order valence-corrected chi connectivity index (χ4v) is 4.08. The van der Waals surface area contributed by atoms with Crippen LogP contribution in [-0.2, 0) is 9.53 Å². The second-order valence-electron chi connectivity index (χ2n) is 7.52. The van der Waals surface area contributed by atoms with Crippen molar-refractivity contribution < 1.29 is 14.3 Å². The molecule has 1 aliphatic heterocycles. The predicted molar refractivity (Wildman–Crippen MR) is 115 cm³/mol. The van der Waals surface area contributed by atoms with Crippen LogP contribution in [0.1, 0.15) is 49.7 Å². The maximum atomic E-state index is 13.4. The summed E-state index contributed by atoms with van der Waals surface area (Å²) in [4.78, 5) is 27.4. The van der Waals surface area contributed by atoms with E-state index in [2.05, 4.69) is 13.5 Å². The van der Waals surface area contributed by atoms with Crippen LogP contribution >= 0.6 is 0 Å². The van der Waals surface area contributed by atoms with Crippen LogP contribution in [0.2, 0.25) is 0 Å². The summed E-state index contributed by atoms with van der Waals surface area (Å²) in [5, 5.41) is 0. The zero-order chi connectivity index (χ0) is 20.6. The zero-order valence-electron chi connectivity index (χ0n) is 17.0. The molecule has 29 heavy (non-hydrogen) atoms. The summed E-state index contributed by atoms with van der Waals surface area (Å²) in [5.41, 5.74) is 2.13. The minimum atomic E-state index is -0.539. The zero-order valence-corrected chi connectivity index (χ0v) is 17.0. The smallest absolute Gasteiger partial charge is 0.417 e. The van der Waals surface area contributed by atoms with Crippen LogP contribution in [0.3, 0.4) is 0 Å². The van der Waals surface area contributed by atoms with Gasteiger partial charge in [-0.05, 0) is 24.0 Å². The molecule has 1 fully saturated rings. The van der Waals surface area contributed by atoms with Crippen molar-refractivity contribution in [2.24, 2.45) is 5.92 Å². The van der Waals surface area contributed by atoms with E-state index in [0.717, 1.165) is 30.4 Å². The lowest BCUT2D eigenvalue weighted by atomic mass is 9.84. The molecule has 2 aromatic carbocycles. The summed E-state index contributed by atoms with van der Waals surface area (Å²) in [6, 6.07) is 19.7. The predicted octanol–water partition coefficient (Wildman–Crippen LogP) is 5.55. The molecular formula is C25H29NO3. The number of ether oxygens (including phenoxy) is 1. The molecule has 1 saturated heterocycles.